The number of benzene rings is 1. The maximum Gasteiger partial charge on any atom is 0.416 e. The van der Waals surface area contributed by atoms with E-state index in [2.05, 4.69) is 10.3 Å². The number of amides is 1. The fourth-order valence-corrected chi connectivity index (χ4v) is 3.35. The minimum Gasteiger partial charge on any atom is -0.491 e. The number of cyclic esters (lactones) is 1. The highest BCUT2D eigenvalue weighted by Crippen LogP contribution is 2.38. The second-order valence-electron chi connectivity index (χ2n) is 6.58. The van der Waals surface area contributed by atoms with Gasteiger partial charge in [-0.15, -0.1) is 0 Å². The molecule has 27 heavy (non-hydrogen) atoms. The molecule has 1 aromatic carbocycles. The number of aromatic nitrogens is 2. The number of carbonyl (C=O) groups is 1. The third kappa shape index (κ3) is 2.96. The van der Waals surface area contributed by atoms with Crippen LogP contribution in [0.25, 0.3) is 11.4 Å². The van der Waals surface area contributed by atoms with Gasteiger partial charge in [0.15, 0.2) is 5.82 Å². The van der Waals surface area contributed by atoms with Gasteiger partial charge in [-0.3, -0.25) is 0 Å². The molecule has 0 spiro atoms. The van der Waals surface area contributed by atoms with Gasteiger partial charge in [0, 0.05) is 24.5 Å². The lowest BCUT2D eigenvalue weighted by atomic mass is 10.1. The summed E-state index contributed by atoms with van der Waals surface area (Å²) in [4.78, 5) is 17.4. The third-order valence-corrected chi connectivity index (χ3v) is 4.72. The Hall–Kier alpha value is -2.84. The number of alkyl halides is 2. The van der Waals surface area contributed by atoms with Gasteiger partial charge >= 0.3 is 6.09 Å². The summed E-state index contributed by atoms with van der Waals surface area (Å²) in [6, 6.07) is 4.26. The molecule has 1 amide bonds. The lowest BCUT2D eigenvalue weighted by Crippen LogP contribution is -2.38. The highest BCUT2D eigenvalue weighted by atomic mass is 19.3. The van der Waals surface area contributed by atoms with E-state index < -0.39 is 18.6 Å². The van der Waals surface area contributed by atoms with E-state index in [9.17, 15) is 13.6 Å². The van der Waals surface area contributed by atoms with Crippen LogP contribution in [0.1, 0.15) is 19.9 Å². The van der Waals surface area contributed by atoms with Crippen LogP contribution in [0.3, 0.4) is 0 Å². The summed E-state index contributed by atoms with van der Waals surface area (Å²) in [5.74, 6) is 1.39. The van der Waals surface area contributed by atoms with Gasteiger partial charge in [0.2, 0.25) is 0 Å². The first-order valence-corrected chi connectivity index (χ1v) is 8.83. The van der Waals surface area contributed by atoms with Crippen LogP contribution in [0.2, 0.25) is 0 Å². The van der Waals surface area contributed by atoms with E-state index in [1.165, 1.54) is 0 Å². The zero-order chi connectivity index (χ0) is 19.1. The zero-order valence-electron chi connectivity index (χ0n) is 15.0. The van der Waals surface area contributed by atoms with Crippen LogP contribution < -0.4 is 15.0 Å². The van der Waals surface area contributed by atoms with E-state index >= 15 is 0 Å². The number of rotatable bonds is 4. The van der Waals surface area contributed by atoms with Crippen molar-refractivity contribution >= 4 is 17.6 Å². The van der Waals surface area contributed by atoms with Crippen molar-refractivity contribution in [3.63, 3.8) is 0 Å². The van der Waals surface area contributed by atoms with Gasteiger partial charge in [0.05, 0.1) is 11.6 Å². The number of imidazole rings is 1. The Morgan fingerprint density at radius 3 is 2.89 bits per heavy atom. The number of nitrogens with zero attached hydrogens (tertiary/aromatic N) is 3. The van der Waals surface area contributed by atoms with E-state index in [-0.39, 0.29) is 18.5 Å². The van der Waals surface area contributed by atoms with Gasteiger partial charge < -0.3 is 19.4 Å². The molecule has 144 valence electrons. The fourth-order valence-electron chi connectivity index (χ4n) is 3.35. The van der Waals surface area contributed by atoms with Gasteiger partial charge in [-0.05, 0) is 26.0 Å². The van der Waals surface area contributed by atoms with E-state index in [0.29, 0.717) is 18.2 Å². The molecule has 1 fully saturated rings. The molecule has 0 saturated carbocycles. The van der Waals surface area contributed by atoms with Crippen molar-refractivity contribution in [3.05, 3.63) is 24.4 Å². The lowest BCUT2D eigenvalue weighted by molar-refractivity contribution is 0.104. The van der Waals surface area contributed by atoms with Gasteiger partial charge in [0.1, 0.15) is 30.8 Å². The first kappa shape index (κ1) is 17.6. The quantitative estimate of drug-likeness (QED) is 0.882. The summed E-state index contributed by atoms with van der Waals surface area (Å²) in [5.41, 5.74) is 1.67. The van der Waals surface area contributed by atoms with Gasteiger partial charge in [-0.2, -0.15) is 0 Å². The molecule has 1 saturated heterocycles. The summed E-state index contributed by atoms with van der Waals surface area (Å²) in [7, 11) is 0. The molecule has 0 radical (unpaired) electrons. The molecule has 0 bridgehead atoms. The Bertz CT molecular complexity index is 870. The summed E-state index contributed by atoms with van der Waals surface area (Å²) in [6.45, 7) is 4.77. The van der Waals surface area contributed by atoms with Crippen molar-refractivity contribution < 1.29 is 23.0 Å². The van der Waals surface area contributed by atoms with Gasteiger partial charge in [-0.25, -0.2) is 23.5 Å². The van der Waals surface area contributed by atoms with Crippen molar-refractivity contribution in [1.29, 1.82) is 0 Å². The summed E-state index contributed by atoms with van der Waals surface area (Å²) in [6.07, 6.45) is -1.91. The largest absolute Gasteiger partial charge is 0.491 e. The highest BCUT2D eigenvalue weighted by Gasteiger charge is 2.42. The Morgan fingerprint density at radius 2 is 2.15 bits per heavy atom. The fraction of sp³-hybridized carbons (Fsp3) is 0.444. The second-order valence-corrected chi connectivity index (χ2v) is 6.58. The average Bonchev–Trinajstić information content (AvgIpc) is 3.21. The number of hydrogen-bond donors (Lipinski definition) is 1. The second kappa shape index (κ2) is 6.71. The van der Waals surface area contributed by atoms with Crippen molar-refractivity contribution in [3.8, 4) is 17.1 Å². The molecule has 2 unspecified atom stereocenters. The molecule has 0 aliphatic carbocycles. The van der Waals surface area contributed by atoms with E-state index in [4.69, 9.17) is 9.47 Å². The number of hydrogen-bond acceptors (Lipinski definition) is 5. The minimum atomic E-state index is -2.71. The number of carbonyl (C=O) groups excluding carboxylic acids is 1. The summed E-state index contributed by atoms with van der Waals surface area (Å²) in [5, 5.41) is 3.23. The molecule has 2 aliphatic heterocycles. The van der Waals surface area contributed by atoms with Crippen molar-refractivity contribution in [1.82, 2.24) is 9.55 Å². The Kier molecular flexibility index (Phi) is 4.37. The number of nitrogens with one attached hydrogen (secondary N) is 1. The predicted molar refractivity (Wildman–Crippen MR) is 95.7 cm³/mol. The Labute approximate surface area is 154 Å². The molecule has 2 aliphatic rings. The van der Waals surface area contributed by atoms with Crippen LogP contribution in [0, 0.1) is 0 Å². The maximum atomic E-state index is 13.3. The molecule has 1 N–H and O–H groups in total. The monoisotopic (exact) mass is 378 g/mol. The molecular weight excluding hydrogens is 358 g/mol. The number of fused-ring (bicyclic) bond motifs is 3. The zero-order valence-corrected chi connectivity index (χ0v) is 15.0. The third-order valence-electron chi connectivity index (χ3n) is 4.72. The van der Waals surface area contributed by atoms with Crippen molar-refractivity contribution in [2.24, 2.45) is 0 Å². The van der Waals surface area contributed by atoms with Crippen molar-refractivity contribution in [2.75, 3.05) is 30.0 Å². The molecule has 3 heterocycles. The molecule has 1 aromatic heterocycles. The van der Waals surface area contributed by atoms with E-state index in [0.717, 1.165) is 22.7 Å². The van der Waals surface area contributed by atoms with Crippen LogP contribution in [0.15, 0.2) is 24.4 Å². The molecule has 9 heteroatoms. The van der Waals surface area contributed by atoms with Crippen LogP contribution in [-0.2, 0) is 4.74 Å². The van der Waals surface area contributed by atoms with Crippen molar-refractivity contribution in [2.45, 2.75) is 32.4 Å². The standard InChI is InChI=1S/C18H20F2N4O3/c1-3-21-11-4-5-12-14(6-11)26-8-10(2)23-7-15(22-17(12)23)24-13(16(19)20)9-27-18(24)25/h4-7,10,13,16,21H,3,8-9H2,1-2H3. The minimum absolute atomic E-state index is 0.0835. The molecule has 2 aromatic rings. The van der Waals surface area contributed by atoms with Crippen LogP contribution in [-0.4, -0.2) is 47.9 Å². The first-order valence-electron chi connectivity index (χ1n) is 8.83. The number of anilines is 2. The van der Waals surface area contributed by atoms with E-state index in [1.54, 1.807) is 6.20 Å². The average molecular weight is 378 g/mol. The normalized spacial score (nSPS) is 21.4. The first-order chi connectivity index (χ1) is 13.0. The molecule has 4 rings (SSSR count). The summed E-state index contributed by atoms with van der Waals surface area (Å²) >= 11 is 0. The lowest BCUT2D eigenvalue weighted by Gasteiger charge is -2.18. The van der Waals surface area contributed by atoms with E-state index in [1.807, 2.05) is 36.6 Å². The van der Waals surface area contributed by atoms with Gasteiger partial charge in [-0.1, -0.05) is 0 Å². The van der Waals surface area contributed by atoms with Crippen LogP contribution in [0.5, 0.6) is 5.75 Å². The number of halogens is 2. The smallest absolute Gasteiger partial charge is 0.416 e. The van der Waals surface area contributed by atoms with Crippen LogP contribution in [0.4, 0.5) is 25.1 Å². The molecular formula is C18H20F2N4O3. The van der Waals surface area contributed by atoms with Gasteiger partial charge in [0.25, 0.3) is 6.43 Å². The topological polar surface area (TPSA) is 68.6 Å². The predicted octanol–water partition coefficient (Wildman–Crippen LogP) is 3.53. The molecule has 7 nitrogen and oxygen atoms in total. The summed E-state index contributed by atoms with van der Waals surface area (Å²) < 4.78 is 39.2. The maximum absolute atomic E-state index is 13.3. The molecule has 2 atom stereocenters. The van der Waals surface area contributed by atoms with Crippen LogP contribution >= 0.6 is 0 Å². The Morgan fingerprint density at radius 1 is 1.33 bits per heavy atom. The number of ether oxygens (including phenoxy) is 2. The highest BCUT2D eigenvalue weighted by molar-refractivity contribution is 5.89. The Balaban J connectivity index is 1.78. The SMILES string of the molecule is CCNc1ccc2c(c1)OCC(C)n1cc(N3C(=O)OCC3C(F)F)nc1-2.